The molecule has 158 valence electrons. The van der Waals surface area contributed by atoms with Gasteiger partial charge < -0.3 is 14.6 Å². The van der Waals surface area contributed by atoms with E-state index < -0.39 is 10.0 Å². The van der Waals surface area contributed by atoms with Crippen LogP contribution in [-0.4, -0.2) is 55.4 Å². The van der Waals surface area contributed by atoms with Crippen LogP contribution in [0.3, 0.4) is 0 Å². The SMILES string of the molecule is CN(C)S(=O)(=O)c1ccc(OCCNC(=O)c2ccc(Cn3ccnc3)cc2)cc1. The van der Waals surface area contributed by atoms with Crippen LogP contribution in [0.1, 0.15) is 15.9 Å². The van der Waals surface area contributed by atoms with Crippen LogP contribution in [0.2, 0.25) is 0 Å². The van der Waals surface area contributed by atoms with Gasteiger partial charge in [-0.1, -0.05) is 12.1 Å². The Balaban J connectivity index is 1.44. The predicted molar refractivity (Wildman–Crippen MR) is 113 cm³/mol. The van der Waals surface area contributed by atoms with Crippen molar-refractivity contribution < 1.29 is 17.9 Å². The molecule has 0 saturated carbocycles. The number of sulfonamides is 1. The van der Waals surface area contributed by atoms with E-state index in [9.17, 15) is 13.2 Å². The number of rotatable bonds is 9. The lowest BCUT2D eigenvalue weighted by atomic mass is 10.1. The molecule has 0 aliphatic heterocycles. The van der Waals surface area contributed by atoms with E-state index in [-0.39, 0.29) is 17.4 Å². The Hall–Kier alpha value is -3.17. The third-order valence-electron chi connectivity index (χ3n) is 4.40. The standard InChI is InChI=1S/C21H24N4O4S/c1-24(2)30(27,28)20-9-7-19(8-10-20)29-14-12-23-21(26)18-5-3-17(4-6-18)15-25-13-11-22-16-25/h3-11,13,16H,12,14-15H2,1-2H3,(H,23,26). The van der Waals surface area contributed by atoms with Crippen LogP contribution in [0.5, 0.6) is 5.75 Å². The summed E-state index contributed by atoms with van der Waals surface area (Å²) in [5.41, 5.74) is 1.65. The normalized spacial score (nSPS) is 11.4. The molecule has 0 radical (unpaired) electrons. The van der Waals surface area contributed by atoms with Crippen molar-refractivity contribution in [3.8, 4) is 5.75 Å². The highest BCUT2D eigenvalue weighted by molar-refractivity contribution is 7.89. The van der Waals surface area contributed by atoms with E-state index in [1.54, 1.807) is 36.8 Å². The predicted octanol–water partition coefficient (Wildman–Crippen LogP) is 1.99. The van der Waals surface area contributed by atoms with Gasteiger partial charge in [0.1, 0.15) is 12.4 Å². The highest BCUT2D eigenvalue weighted by Crippen LogP contribution is 2.18. The molecule has 30 heavy (non-hydrogen) atoms. The first kappa shape index (κ1) is 21.5. The van der Waals surface area contributed by atoms with Crippen LogP contribution in [-0.2, 0) is 16.6 Å². The number of hydrogen-bond acceptors (Lipinski definition) is 5. The van der Waals surface area contributed by atoms with Gasteiger partial charge in [-0.05, 0) is 42.0 Å². The van der Waals surface area contributed by atoms with Gasteiger partial charge in [-0.3, -0.25) is 4.79 Å². The number of benzene rings is 2. The Bertz CT molecular complexity index is 1060. The number of amides is 1. The summed E-state index contributed by atoms with van der Waals surface area (Å²) in [5, 5.41) is 2.80. The van der Waals surface area contributed by atoms with Crippen LogP contribution < -0.4 is 10.1 Å². The van der Waals surface area contributed by atoms with Crippen LogP contribution >= 0.6 is 0 Å². The number of carbonyl (C=O) groups excluding carboxylic acids is 1. The summed E-state index contributed by atoms with van der Waals surface area (Å²) in [5.74, 6) is 0.353. The van der Waals surface area contributed by atoms with Crippen molar-refractivity contribution >= 4 is 15.9 Å². The number of imidazole rings is 1. The molecule has 3 rings (SSSR count). The van der Waals surface area contributed by atoms with Gasteiger partial charge >= 0.3 is 0 Å². The Labute approximate surface area is 176 Å². The van der Waals surface area contributed by atoms with Gasteiger partial charge in [0.15, 0.2) is 0 Å². The largest absolute Gasteiger partial charge is 0.492 e. The van der Waals surface area contributed by atoms with E-state index in [4.69, 9.17) is 4.74 Å². The maximum atomic E-state index is 12.2. The minimum absolute atomic E-state index is 0.180. The zero-order valence-electron chi connectivity index (χ0n) is 16.9. The summed E-state index contributed by atoms with van der Waals surface area (Å²) in [4.78, 5) is 16.5. The van der Waals surface area contributed by atoms with Crippen LogP contribution in [0.15, 0.2) is 72.1 Å². The molecule has 8 nitrogen and oxygen atoms in total. The second kappa shape index (κ2) is 9.55. The van der Waals surface area contributed by atoms with Crippen LogP contribution in [0.25, 0.3) is 0 Å². The number of ether oxygens (including phenoxy) is 1. The number of aromatic nitrogens is 2. The second-order valence-electron chi connectivity index (χ2n) is 6.80. The minimum atomic E-state index is -3.46. The molecular formula is C21H24N4O4S. The van der Waals surface area contributed by atoms with Gasteiger partial charge in [-0.2, -0.15) is 0 Å². The summed E-state index contributed by atoms with van der Waals surface area (Å²) in [6.45, 7) is 1.29. The van der Waals surface area contributed by atoms with E-state index in [1.807, 2.05) is 22.9 Å². The Morgan fingerprint density at radius 3 is 2.40 bits per heavy atom. The zero-order valence-corrected chi connectivity index (χ0v) is 17.7. The van der Waals surface area contributed by atoms with Gasteiger partial charge in [-0.25, -0.2) is 17.7 Å². The molecule has 3 aromatic rings. The molecule has 0 fully saturated rings. The first-order valence-electron chi connectivity index (χ1n) is 9.34. The Morgan fingerprint density at radius 2 is 1.80 bits per heavy atom. The molecule has 2 aromatic carbocycles. The summed E-state index contributed by atoms with van der Waals surface area (Å²) >= 11 is 0. The maximum absolute atomic E-state index is 12.2. The fourth-order valence-electron chi connectivity index (χ4n) is 2.71. The molecule has 0 aliphatic rings. The van der Waals surface area contributed by atoms with E-state index in [0.29, 0.717) is 24.4 Å². The lowest BCUT2D eigenvalue weighted by Gasteiger charge is -2.12. The third kappa shape index (κ3) is 5.46. The van der Waals surface area contributed by atoms with Crippen molar-refractivity contribution in [2.24, 2.45) is 0 Å². The topological polar surface area (TPSA) is 93.5 Å². The number of hydrogen-bond donors (Lipinski definition) is 1. The molecule has 1 amide bonds. The van der Waals surface area contributed by atoms with Crippen LogP contribution in [0, 0.1) is 0 Å². The van der Waals surface area contributed by atoms with E-state index in [2.05, 4.69) is 10.3 Å². The molecule has 0 unspecified atom stereocenters. The number of carbonyl (C=O) groups is 1. The number of nitrogens with one attached hydrogen (secondary N) is 1. The van der Waals surface area contributed by atoms with Crippen LogP contribution in [0.4, 0.5) is 0 Å². The number of nitrogens with zero attached hydrogens (tertiary/aromatic N) is 3. The second-order valence-corrected chi connectivity index (χ2v) is 8.95. The fraction of sp³-hybridized carbons (Fsp3) is 0.238. The zero-order chi connectivity index (χ0) is 21.6. The molecule has 1 heterocycles. The summed E-state index contributed by atoms with van der Waals surface area (Å²) < 4.78 is 32.8. The molecule has 0 spiro atoms. The quantitative estimate of drug-likeness (QED) is 0.526. The molecule has 0 atom stereocenters. The smallest absolute Gasteiger partial charge is 0.251 e. The lowest BCUT2D eigenvalue weighted by molar-refractivity contribution is 0.0947. The summed E-state index contributed by atoms with van der Waals surface area (Å²) in [7, 11) is -0.499. The van der Waals surface area contributed by atoms with Crippen molar-refractivity contribution in [1.29, 1.82) is 0 Å². The van der Waals surface area contributed by atoms with Gasteiger partial charge in [0, 0.05) is 38.6 Å². The Morgan fingerprint density at radius 1 is 1.10 bits per heavy atom. The summed E-state index contributed by atoms with van der Waals surface area (Å²) in [6, 6.07) is 13.6. The fourth-order valence-corrected chi connectivity index (χ4v) is 3.61. The molecule has 1 aromatic heterocycles. The van der Waals surface area contributed by atoms with Gasteiger partial charge in [0.25, 0.3) is 5.91 Å². The molecular weight excluding hydrogens is 404 g/mol. The van der Waals surface area contributed by atoms with Crippen molar-refractivity contribution in [3.63, 3.8) is 0 Å². The summed E-state index contributed by atoms with van der Waals surface area (Å²) in [6.07, 6.45) is 5.36. The first-order valence-corrected chi connectivity index (χ1v) is 10.8. The molecule has 1 N–H and O–H groups in total. The molecule has 0 aliphatic carbocycles. The van der Waals surface area contributed by atoms with E-state index >= 15 is 0 Å². The van der Waals surface area contributed by atoms with E-state index in [0.717, 1.165) is 9.87 Å². The van der Waals surface area contributed by atoms with Crippen molar-refractivity contribution in [2.75, 3.05) is 27.2 Å². The highest BCUT2D eigenvalue weighted by Gasteiger charge is 2.16. The molecule has 9 heteroatoms. The van der Waals surface area contributed by atoms with Crippen molar-refractivity contribution in [2.45, 2.75) is 11.4 Å². The van der Waals surface area contributed by atoms with Gasteiger partial charge in [0.05, 0.1) is 17.8 Å². The van der Waals surface area contributed by atoms with Gasteiger partial charge in [0.2, 0.25) is 10.0 Å². The average molecular weight is 429 g/mol. The van der Waals surface area contributed by atoms with Crippen molar-refractivity contribution in [1.82, 2.24) is 19.2 Å². The minimum Gasteiger partial charge on any atom is -0.492 e. The maximum Gasteiger partial charge on any atom is 0.251 e. The van der Waals surface area contributed by atoms with Crippen molar-refractivity contribution in [3.05, 3.63) is 78.4 Å². The average Bonchev–Trinajstić information content (AvgIpc) is 3.25. The molecule has 0 saturated heterocycles. The van der Waals surface area contributed by atoms with Gasteiger partial charge in [-0.15, -0.1) is 0 Å². The lowest BCUT2D eigenvalue weighted by Crippen LogP contribution is -2.28. The monoisotopic (exact) mass is 428 g/mol. The first-order chi connectivity index (χ1) is 14.4. The van der Waals surface area contributed by atoms with E-state index in [1.165, 1.54) is 26.2 Å². The third-order valence-corrected chi connectivity index (χ3v) is 6.23. The highest BCUT2D eigenvalue weighted by atomic mass is 32.2. The molecule has 0 bridgehead atoms. The Kier molecular flexibility index (Phi) is 6.86.